The highest BCUT2D eigenvalue weighted by Gasteiger charge is 2.25. The molecule has 0 aromatic heterocycles. The predicted molar refractivity (Wildman–Crippen MR) is 103 cm³/mol. The molecule has 2 rings (SSSR count). The summed E-state index contributed by atoms with van der Waals surface area (Å²) in [6.45, 7) is 4.88. The molecule has 0 amide bonds. The summed E-state index contributed by atoms with van der Waals surface area (Å²) in [6.07, 6.45) is 2.04. The summed E-state index contributed by atoms with van der Waals surface area (Å²) in [6, 6.07) is 5.82. The van der Waals surface area contributed by atoms with Gasteiger partial charge in [0.05, 0.1) is 21.3 Å². The van der Waals surface area contributed by atoms with Crippen molar-refractivity contribution in [1.29, 1.82) is 0 Å². The van der Waals surface area contributed by atoms with Gasteiger partial charge < -0.3 is 24.3 Å². The molecule has 0 aliphatic carbocycles. The van der Waals surface area contributed by atoms with Crippen molar-refractivity contribution >= 4 is 22.4 Å². The third-order valence-electron chi connectivity index (χ3n) is 3.99. The topological polar surface area (TPSA) is 66.0 Å². The smallest absolute Gasteiger partial charge is 0.311 e. The van der Waals surface area contributed by atoms with Crippen LogP contribution in [0.3, 0.4) is 0 Å². The van der Waals surface area contributed by atoms with Gasteiger partial charge in [-0.1, -0.05) is 13.8 Å². The monoisotopic (exact) mass is 361 g/mol. The third-order valence-corrected chi connectivity index (χ3v) is 3.99. The van der Waals surface area contributed by atoms with Crippen LogP contribution in [0.1, 0.15) is 33.1 Å². The number of carbonyl (C=O) groups excluding carboxylic acids is 1. The summed E-state index contributed by atoms with van der Waals surface area (Å²) >= 11 is 0. The molecule has 0 saturated heterocycles. The number of anilines is 1. The molecule has 0 fully saturated rings. The van der Waals surface area contributed by atoms with Crippen LogP contribution in [0.2, 0.25) is 0 Å². The molecule has 0 unspecified atom stereocenters. The predicted octanol–water partition coefficient (Wildman–Crippen LogP) is 4.39. The summed E-state index contributed by atoms with van der Waals surface area (Å²) in [5.41, 5.74) is 0.932. The van der Waals surface area contributed by atoms with E-state index in [9.17, 15) is 4.79 Å². The van der Waals surface area contributed by atoms with Crippen molar-refractivity contribution < 1.29 is 23.7 Å². The molecule has 26 heavy (non-hydrogen) atoms. The molecule has 0 spiro atoms. The Bertz CT molecular complexity index is 773. The van der Waals surface area contributed by atoms with E-state index in [4.69, 9.17) is 18.9 Å². The maximum Gasteiger partial charge on any atom is 0.311 e. The lowest BCUT2D eigenvalue weighted by Gasteiger charge is -2.19. The first-order valence-electron chi connectivity index (χ1n) is 8.81. The highest BCUT2D eigenvalue weighted by atomic mass is 16.6. The van der Waals surface area contributed by atoms with Gasteiger partial charge in [0.25, 0.3) is 0 Å². The van der Waals surface area contributed by atoms with Crippen LogP contribution in [0, 0.1) is 0 Å². The van der Waals surface area contributed by atoms with Crippen LogP contribution in [0.15, 0.2) is 18.2 Å². The quantitative estimate of drug-likeness (QED) is 0.528. The second-order valence-corrected chi connectivity index (χ2v) is 5.84. The Morgan fingerprint density at radius 3 is 2.12 bits per heavy atom. The summed E-state index contributed by atoms with van der Waals surface area (Å²) in [5, 5.41) is 4.85. The number of fused-ring (bicyclic) bond motifs is 1. The molecule has 0 bridgehead atoms. The number of benzene rings is 2. The lowest BCUT2D eigenvalue weighted by atomic mass is 10.1. The largest absolute Gasteiger partial charge is 0.492 e. The minimum absolute atomic E-state index is 0.314. The van der Waals surface area contributed by atoms with Crippen molar-refractivity contribution in [2.45, 2.75) is 33.1 Å². The van der Waals surface area contributed by atoms with Gasteiger partial charge in [-0.25, -0.2) is 0 Å². The van der Waals surface area contributed by atoms with E-state index in [0.717, 1.165) is 29.4 Å². The summed E-state index contributed by atoms with van der Waals surface area (Å²) in [5.74, 6) is 1.31. The van der Waals surface area contributed by atoms with Crippen LogP contribution in [0.5, 0.6) is 23.0 Å². The molecular weight excluding hydrogens is 334 g/mol. The molecule has 0 saturated carbocycles. The van der Waals surface area contributed by atoms with Gasteiger partial charge in [-0.3, -0.25) is 4.79 Å². The Labute approximate surface area is 154 Å². The second-order valence-electron chi connectivity index (χ2n) is 5.84. The minimum atomic E-state index is -0.314. The Kier molecular flexibility index (Phi) is 6.95. The molecule has 0 aliphatic rings. The molecule has 2 aromatic rings. The Morgan fingerprint density at radius 1 is 0.885 bits per heavy atom. The number of methoxy groups -OCH3 is 3. The van der Waals surface area contributed by atoms with Gasteiger partial charge in [0.1, 0.15) is 0 Å². The molecule has 142 valence electrons. The maximum absolute atomic E-state index is 12.2. The van der Waals surface area contributed by atoms with Crippen molar-refractivity contribution in [3.8, 4) is 23.0 Å². The Balaban J connectivity index is 2.73. The zero-order chi connectivity index (χ0) is 19.1. The van der Waals surface area contributed by atoms with E-state index in [1.54, 1.807) is 7.11 Å². The van der Waals surface area contributed by atoms with Crippen LogP contribution >= 0.6 is 0 Å². The highest BCUT2D eigenvalue weighted by molar-refractivity contribution is 6.01. The molecule has 0 atom stereocenters. The minimum Gasteiger partial charge on any atom is -0.492 e. The van der Waals surface area contributed by atoms with Gasteiger partial charge in [-0.2, -0.15) is 0 Å². The number of carbonyl (C=O) groups is 1. The van der Waals surface area contributed by atoms with E-state index >= 15 is 0 Å². The fraction of sp³-hybridized carbons (Fsp3) is 0.450. The number of nitrogens with one attached hydrogen (secondary N) is 1. The molecule has 6 nitrogen and oxygen atoms in total. The third kappa shape index (κ3) is 3.95. The van der Waals surface area contributed by atoms with Crippen molar-refractivity contribution in [3.63, 3.8) is 0 Å². The molecule has 1 N–H and O–H groups in total. The zero-order valence-electron chi connectivity index (χ0n) is 16.1. The van der Waals surface area contributed by atoms with Crippen LogP contribution < -0.4 is 24.3 Å². The Hall–Kier alpha value is -2.63. The number of hydrogen-bond donors (Lipinski definition) is 1. The molecule has 0 radical (unpaired) electrons. The lowest BCUT2D eigenvalue weighted by Crippen LogP contribution is -2.09. The first-order valence-corrected chi connectivity index (χ1v) is 8.81. The molecule has 6 heteroatoms. The number of ether oxygens (including phenoxy) is 4. The fourth-order valence-electron chi connectivity index (χ4n) is 2.80. The van der Waals surface area contributed by atoms with E-state index in [-0.39, 0.29) is 5.97 Å². The highest BCUT2D eigenvalue weighted by Crippen LogP contribution is 2.51. The van der Waals surface area contributed by atoms with E-state index in [1.165, 1.54) is 14.2 Å². The standard InChI is InChI=1S/C20H27NO5/c1-6-8-16(22)26-18-15-12-13(21-11-7-2)9-10-14(15)17(23-3)19(24-4)20(18)25-5/h9-10,12,21H,6-8,11H2,1-5H3. The van der Waals surface area contributed by atoms with Crippen molar-refractivity contribution in [2.75, 3.05) is 33.2 Å². The second kappa shape index (κ2) is 9.17. The normalized spacial score (nSPS) is 10.5. The summed E-state index contributed by atoms with van der Waals surface area (Å²) in [7, 11) is 4.61. The van der Waals surface area contributed by atoms with Gasteiger partial charge in [0.2, 0.25) is 11.5 Å². The Morgan fingerprint density at radius 2 is 1.54 bits per heavy atom. The molecule has 2 aromatic carbocycles. The number of rotatable bonds is 9. The van der Waals surface area contributed by atoms with Crippen LogP contribution in [-0.4, -0.2) is 33.8 Å². The fourth-order valence-corrected chi connectivity index (χ4v) is 2.80. The van der Waals surface area contributed by atoms with Gasteiger partial charge >= 0.3 is 5.97 Å². The van der Waals surface area contributed by atoms with E-state index in [2.05, 4.69) is 12.2 Å². The van der Waals surface area contributed by atoms with Crippen LogP contribution in [-0.2, 0) is 4.79 Å². The summed E-state index contributed by atoms with van der Waals surface area (Å²) < 4.78 is 22.2. The molecule has 0 aliphatic heterocycles. The van der Waals surface area contributed by atoms with E-state index in [1.807, 2.05) is 25.1 Å². The average Bonchev–Trinajstić information content (AvgIpc) is 2.65. The SMILES string of the molecule is CCCNc1ccc2c(OC)c(OC)c(OC)c(OC(=O)CCC)c2c1. The number of hydrogen-bond acceptors (Lipinski definition) is 6. The van der Waals surface area contributed by atoms with Gasteiger partial charge in [0.15, 0.2) is 11.5 Å². The lowest BCUT2D eigenvalue weighted by molar-refractivity contribution is -0.134. The van der Waals surface area contributed by atoms with E-state index < -0.39 is 0 Å². The van der Waals surface area contributed by atoms with Crippen molar-refractivity contribution in [3.05, 3.63) is 18.2 Å². The molecular formula is C20H27NO5. The van der Waals surface area contributed by atoms with Crippen molar-refractivity contribution in [2.24, 2.45) is 0 Å². The van der Waals surface area contributed by atoms with Crippen LogP contribution in [0.25, 0.3) is 10.8 Å². The first-order chi connectivity index (χ1) is 12.6. The van der Waals surface area contributed by atoms with E-state index in [0.29, 0.717) is 35.8 Å². The maximum atomic E-state index is 12.2. The van der Waals surface area contributed by atoms with Gasteiger partial charge in [0, 0.05) is 29.4 Å². The van der Waals surface area contributed by atoms with Crippen LogP contribution in [0.4, 0.5) is 5.69 Å². The van der Waals surface area contributed by atoms with Gasteiger partial charge in [-0.15, -0.1) is 0 Å². The summed E-state index contributed by atoms with van der Waals surface area (Å²) in [4.78, 5) is 12.2. The van der Waals surface area contributed by atoms with Crippen molar-refractivity contribution in [1.82, 2.24) is 0 Å². The van der Waals surface area contributed by atoms with Gasteiger partial charge in [-0.05, 0) is 31.0 Å². The first kappa shape index (κ1) is 19.7. The average molecular weight is 361 g/mol. The number of esters is 1. The molecule has 0 heterocycles. The zero-order valence-corrected chi connectivity index (χ0v) is 16.1.